The lowest BCUT2D eigenvalue weighted by atomic mass is 10.1. The molecule has 4 N–H and O–H groups in total. The van der Waals surface area contributed by atoms with Crippen LogP contribution in [0.1, 0.15) is 12.5 Å². The summed E-state index contributed by atoms with van der Waals surface area (Å²) in [5.41, 5.74) is 6.46. The Labute approximate surface area is 98.3 Å². The molecule has 90 valence electrons. The van der Waals surface area contributed by atoms with Crippen LogP contribution in [0.3, 0.4) is 0 Å². The van der Waals surface area contributed by atoms with Crippen molar-refractivity contribution in [2.45, 2.75) is 19.4 Å². The molecular formula is C11H14FN5. The third-order valence-corrected chi connectivity index (χ3v) is 2.33. The highest BCUT2D eigenvalue weighted by Gasteiger charge is 2.06. The molecule has 1 unspecified atom stereocenters. The molecule has 2 aromatic rings. The van der Waals surface area contributed by atoms with Gasteiger partial charge in [-0.05, 0) is 31.0 Å². The zero-order valence-corrected chi connectivity index (χ0v) is 9.44. The lowest BCUT2D eigenvalue weighted by molar-refractivity contribution is 0.626. The number of nitrogens with one attached hydrogen (secondary N) is 2. The minimum absolute atomic E-state index is 0.135. The van der Waals surface area contributed by atoms with Gasteiger partial charge in [-0.1, -0.05) is 12.1 Å². The maximum absolute atomic E-state index is 12.7. The first-order chi connectivity index (χ1) is 8.13. The van der Waals surface area contributed by atoms with Crippen molar-refractivity contribution in [3.05, 3.63) is 35.6 Å². The summed E-state index contributed by atoms with van der Waals surface area (Å²) < 4.78 is 12.7. The van der Waals surface area contributed by atoms with E-state index in [1.807, 2.05) is 6.92 Å². The van der Waals surface area contributed by atoms with E-state index >= 15 is 0 Å². The summed E-state index contributed by atoms with van der Waals surface area (Å²) in [7, 11) is 0. The van der Waals surface area contributed by atoms with Gasteiger partial charge >= 0.3 is 0 Å². The molecule has 1 aromatic heterocycles. The summed E-state index contributed by atoms with van der Waals surface area (Å²) in [5, 5.41) is 9.53. The van der Waals surface area contributed by atoms with E-state index in [-0.39, 0.29) is 17.8 Å². The van der Waals surface area contributed by atoms with Gasteiger partial charge in [-0.25, -0.2) is 9.49 Å². The van der Waals surface area contributed by atoms with Crippen molar-refractivity contribution in [3.63, 3.8) is 0 Å². The molecule has 0 radical (unpaired) electrons. The van der Waals surface area contributed by atoms with Crippen molar-refractivity contribution in [3.8, 4) is 0 Å². The summed E-state index contributed by atoms with van der Waals surface area (Å²) >= 11 is 0. The molecule has 0 spiro atoms. The van der Waals surface area contributed by atoms with Gasteiger partial charge in [0.2, 0.25) is 11.9 Å². The number of aromatic nitrogens is 3. The highest BCUT2D eigenvalue weighted by atomic mass is 19.1. The smallest absolute Gasteiger partial charge is 0.243 e. The second-order valence-electron chi connectivity index (χ2n) is 3.92. The maximum atomic E-state index is 12.7. The molecule has 6 heteroatoms. The Morgan fingerprint density at radius 3 is 2.71 bits per heavy atom. The van der Waals surface area contributed by atoms with Crippen LogP contribution < -0.4 is 11.1 Å². The van der Waals surface area contributed by atoms with Crippen LogP contribution in [0.2, 0.25) is 0 Å². The van der Waals surface area contributed by atoms with Gasteiger partial charge in [-0.2, -0.15) is 4.98 Å². The number of nitrogens with zero attached hydrogens (tertiary/aromatic N) is 2. The molecule has 0 bridgehead atoms. The summed E-state index contributed by atoms with van der Waals surface area (Å²) in [4.78, 5) is 3.95. The summed E-state index contributed by atoms with van der Waals surface area (Å²) in [5.74, 6) is 0.523. The fourth-order valence-corrected chi connectivity index (χ4v) is 1.58. The average molecular weight is 235 g/mol. The highest BCUT2D eigenvalue weighted by molar-refractivity contribution is 5.31. The molecule has 1 aromatic carbocycles. The van der Waals surface area contributed by atoms with E-state index in [9.17, 15) is 4.39 Å². The quantitative estimate of drug-likeness (QED) is 0.751. The molecule has 0 saturated heterocycles. The van der Waals surface area contributed by atoms with E-state index in [4.69, 9.17) is 5.73 Å². The molecule has 17 heavy (non-hydrogen) atoms. The van der Waals surface area contributed by atoms with Crippen LogP contribution >= 0.6 is 0 Å². The number of aromatic amines is 1. The Morgan fingerprint density at radius 2 is 2.12 bits per heavy atom. The maximum Gasteiger partial charge on any atom is 0.243 e. The molecule has 0 amide bonds. The SMILES string of the molecule is CC(Cc1ccc(F)cc1)Nc1n[nH]c(N)n1. The van der Waals surface area contributed by atoms with Crippen LogP contribution in [0.4, 0.5) is 16.3 Å². The van der Waals surface area contributed by atoms with Crippen LogP contribution in [-0.4, -0.2) is 21.2 Å². The molecule has 1 atom stereocenters. The summed E-state index contributed by atoms with van der Waals surface area (Å²) in [6.45, 7) is 2.00. The second-order valence-corrected chi connectivity index (χ2v) is 3.92. The number of nitrogens with two attached hydrogens (primary N) is 1. The predicted octanol–water partition coefficient (Wildman–Crippen LogP) is 1.57. The Balaban J connectivity index is 1.93. The second kappa shape index (κ2) is 4.82. The first-order valence-corrected chi connectivity index (χ1v) is 5.32. The van der Waals surface area contributed by atoms with E-state index in [0.29, 0.717) is 5.95 Å². The van der Waals surface area contributed by atoms with Crippen molar-refractivity contribution >= 4 is 11.9 Å². The van der Waals surface area contributed by atoms with Gasteiger partial charge in [-0.3, -0.25) is 0 Å². The average Bonchev–Trinajstić information content (AvgIpc) is 2.67. The normalized spacial score (nSPS) is 12.4. The molecule has 5 nitrogen and oxygen atoms in total. The van der Waals surface area contributed by atoms with E-state index in [0.717, 1.165) is 12.0 Å². The van der Waals surface area contributed by atoms with Gasteiger partial charge in [-0.15, -0.1) is 5.10 Å². The van der Waals surface area contributed by atoms with Crippen LogP contribution in [0, 0.1) is 5.82 Å². The Bertz CT molecular complexity index is 479. The van der Waals surface area contributed by atoms with Crippen LogP contribution in [0.5, 0.6) is 0 Å². The fourth-order valence-electron chi connectivity index (χ4n) is 1.58. The number of anilines is 2. The summed E-state index contributed by atoms with van der Waals surface area (Å²) in [6, 6.07) is 6.56. The number of halogens is 1. The minimum Gasteiger partial charge on any atom is -0.368 e. The van der Waals surface area contributed by atoms with Gasteiger partial charge in [0.1, 0.15) is 5.82 Å². The molecule has 2 rings (SSSR count). The van der Waals surface area contributed by atoms with Crippen molar-refractivity contribution in [2.24, 2.45) is 0 Å². The number of hydrogen-bond donors (Lipinski definition) is 3. The van der Waals surface area contributed by atoms with Gasteiger partial charge in [0.25, 0.3) is 0 Å². The Kier molecular flexibility index (Phi) is 3.22. The lowest BCUT2D eigenvalue weighted by Gasteiger charge is -2.11. The number of hydrogen-bond acceptors (Lipinski definition) is 4. The molecule has 0 aliphatic carbocycles. The van der Waals surface area contributed by atoms with Gasteiger partial charge < -0.3 is 11.1 Å². The number of nitrogen functional groups attached to an aromatic ring is 1. The fraction of sp³-hybridized carbons (Fsp3) is 0.273. The molecule has 0 aliphatic rings. The monoisotopic (exact) mass is 235 g/mol. The van der Waals surface area contributed by atoms with Crippen molar-refractivity contribution in [2.75, 3.05) is 11.1 Å². The first kappa shape index (κ1) is 11.4. The predicted molar refractivity (Wildman–Crippen MR) is 64.0 cm³/mol. The molecule has 0 saturated carbocycles. The van der Waals surface area contributed by atoms with Crippen molar-refractivity contribution < 1.29 is 4.39 Å². The van der Waals surface area contributed by atoms with Crippen molar-refractivity contribution in [1.82, 2.24) is 15.2 Å². The third kappa shape index (κ3) is 3.17. The van der Waals surface area contributed by atoms with E-state index in [1.54, 1.807) is 12.1 Å². The Morgan fingerprint density at radius 1 is 1.41 bits per heavy atom. The summed E-state index contributed by atoms with van der Waals surface area (Å²) in [6.07, 6.45) is 0.759. The van der Waals surface area contributed by atoms with E-state index in [1.165, 1.54) is 12.1 Å². The van der Waals surface area contributed by atoms with E-state index < -0.39 is 0 Å². The number of benzene rings is 1. The largest absolute Gasteiger partial charge is 0.368 e. The Hall–Kier alpha value is -2.11. The lowest BCUT2D eigenvalue weighted by Crippen LogP contribution is -2.18. The topological polar surface area (TPSA) is 79.6 Å². The van der Waals surface area contributed by atoms with Crippen LogP contribution in [0.25, 0.3) is 0 Å². The van der Waals surface area contributed by atoms with Gasteiger partial charge in [0, 0.05) is 6.04 Å². The van der Waals surface area contributed by atoms with E-state index in [2.05, 4.69) is 20.5 Å². The van der Waals surface area contributed by atoms with Crippen LogP contribution in [-0.2, 0) is 6.42 Å². The highest BCUT2D eigenvalue weighted by Crippen LogP contribution is 2.08. The third-order valence-electron chi connectivity index (χ3n) is 2.33. The zero-order valence-electron chi connectivity index (χ0n) is 9.44. The first-order valence-electron chi connectivity index (χ1n) is 5.32. The molecule has 0 aliphatic heterocycles. The van der Waals surface area contributed by atoms with Gasteiger partial charge in [0.15, 0.2) is 0 Å². The zero-order chi connectivity index (χ0) is 12.3. The molecule has 0 fully saturated rings. The van der Waals surface area contributed by atoms with Gasteiger partial charge in [0.05, 0.1) is 0 Å². The standard InChI is InChI=1S/C11H14FN5/c1-7(14-11-15-10(13)16-17-11)6-8-2-4-9(12)5-3-8/h2-5,7H,6H2,1H3,(H4,13,14,15,16,17). The van der Waals surface area contributed by atoms with Crippen molar-refractivity contribution in [1.29, 1.82) is 0 Å². The molecule has 1 heterocycles. The molecular weight excluding hydrogens is 221 g/mol. The minimum atomic E-state index is -0.226. The number of rotatable bonds is 4. The number of H-pyrrole nitrogens is 1. The van der Waals surface area contributed by atoms with Crippen LogP contribution in [0.15, 0.2) is 24.3 Å².